The molecule has 2 aliphatic rings. The molecule has 1 fully saturated rings. The van der Waals surface area contributed by atoms with Gasteiger partial charge in [-0.25, -0.2) is 0 Å². The van der Waals surface area contributed by atoms with E-state index in [4.69, 9.17) is 16.3 Å². The number of hydrogen-bond acceptors (Lipinski definition) is 3. The van der Waals surface area contributed by atoms with Gasteiger partial charge in [-0.3, -0.25) is 9.59 Å². The molecule has 1 N–H and O–H groups in total. The van der Waals surface area contributed by atoms with Gasteiger partial charge < -0.3 is 15.0 Å². The molecular weight excluding hydrogens is 340 g/mol. The van der Waals surface area contributed by atoms with Crippen LogP contribution in [0.1, 0.15) is 51.4 Å². The first-order chi connectivity index (χ1) is 12.1. The van der Waals surface area contributed by atoms with Crippen LogP contribution in [0, 0.1) is 0 Å². The number of carbonyl (C=O) groups excluding carboxylic acids is 2. The summed E-state index contributed by atoms with van der Waals surface area (Å²) in [6.07, 6.45) is 7.38. The lowest BCUT2D eigenvalue weighted by molar-refractivity contribution is -0.125. The van der Waals surface area contributed by atoms with Gasteiger partial charge >= 0.3 is 0 Å². The van der Waals surface area contributed by atoms with Crippen LogP contribution in [0.25, 0.3) is 0 Å². The molecule has 0 spiro atoms. The Hall–Kier alpha value is -1.75. The summed E-state index contributed by atoms with van der Waals surface area (Å²) in [6.45, 7) is 0.936. The Bertz CT molecular complexity index is 627. The van der Waals surface area contributed by atoms with Crippen molar-refractivity contribution >= 4 is 29.1 Å². The molecule has 1 aliphatic carbocycles. The summed E-state index contributed by atoms with van der Waals surface area (Å²) in [4.78, 5) is 26.4. The number of nitrogens with one attached hydrogen (secondary N) is 1. The lowest BCUT2D eigenvalue weighted by atomic mass is 10.1. The standard InChI is InChI=1S/C19H25ClN2O3/c20-14-7-8-17-16(13-14)22(11-12-25-17)19(24)10-9-18(23)21-15-5-3-1-2-4-6-15/h7-8,13,15H,1-6,9-12H2,(H,21,23). The molecule has 6 heteroatoms. The average molecular weight is 365 g/mol. The summed E-state index contributed by atoms with van der Waals surface area (Å²) in [5, 5.41) is 3.65. The second-order valence-corrected chi connectivity index (χ2v) is 7.20. The van der Waals surface area contributed by atoms with E-state index >= 15 is 0 Å². The molecule has 1 aliphatic heterocycles. The van der Waals surface area contributed by atoms with E-state index in [1.165, 1.54) is 25.7 Å². The zero-order valence-electron chi connectivity index (χ0n) is 14.4. The quantitative estimate of drug-likeness (QED) is 0.829. The SMILES string of the molecule is O=C(CCC(=O)N1CCOc2ccc(Cl)cc21)NC1CCCCCC1. The number of benzene rings is 1. The van der Waals surface area contributed by atoms with Crippen molar-refractivity contribution in [3.8, 4) is 5.75 Å². The number of amides is 2. The number of fused-ring (bicyclic) bond motifs is 1. The number of hydrogen-bond donors (Lipinski definition) is 1. The summed E-state index contributed by atoms with van der Waals surface area (Å²) in [7, 11) is 0. The van der Waals surface area contributed by atoms with Gasteiger partial charge in [0.1, 0.15) is 12.4 Å². The van der Waals surface area contributed by atoms with Crippen molar-refractivity contribution in [2.24, 2.45) is 0 Å². The van der Waals surface area contributed by atoms with E-state index in [0.29, 0.717) is 29.6 Å². The molecule has 5 nitrogen and oxygen atoms in total. The van der Waals surface area contributed by atoms with Gasteiger partial charge in [0, 0.05) is 23.9 Å². The third kappa shape index (κ3) is 4.88. The minimum absolute atomic E-state index is 0.0279. The Balaban J connectivity index is 1.53. The lowest BCUT2D eigenvalue weighted by Gasteiger charge is -2.29. The minimum Gasteiger partial charge on any atom is -0.490 e. The van der Waals surface area contributed by atoms with E-state index in [1.807, 2.05) is 0 Å². The molecule has 1 aromatic rings. The van der Waals surface area contributed by atoms with Crippen LogP contribution in [-0.4, -0.2) is 31.0 Å². The van der Waals surface area contributed by atoms with Gasteiger partial charge in [-0.15, -0.1) is 0 Å². The van der Waals surface area contributed by atoms with Crippen molar-refractivity contribution < 1.29 is 14.3 Å². The molecule has 0 saturated heterocycles. The predicted octanol–water partition coefficient (Wildman–Crippen LogP) is 3.68. The van der Waals surface area contributed by atoms with Crippen molar-refractivity contribution in [3.05, 3.63) is 23.2 Å². The van der Waals surface area contributed by atoms with E-state index < -0.39 is 0 Å². The average Bonchev–Trinajstić information content (AvgIpc) is 2.87. The molecule has 0 unspecified atom stereocenters. The van der Waals surface area contributed by atoms with Gasteiger partial charge in [-0.05, 0) is 31.0 Å². The highest BCUT2D eigenvalue weighted by Crippen LogP contribution is 2.34. The van der Waals surface area contributed by atoms with Gasteiger partial charge in [-0.2, -0.15) is 0 Å². The zero-order valence-corrected chi connectivity index (χ0v) is 15.2. The molecule has 0 bridgehead atoms. The van der Waals surface area contributed by atoms with Crippen LogP contribution in [0.3, 0.4) is 0 Å². The van der Waals surface area contributed by atoms with Crippen LogP contribution in [0.4, 0.5) is 5.69 Å². The molecule has 2 amide bonds. The van der Waals surface area contributed by atoms with E-state index in [-0.39, 0.29) is 30.7 Å². The fraction of sp³-hybridized carbons (Fsp3) is 0.579. The minimum atomic E-state index is -0.0668. The number of nitrogens with zero attached hydrogens (tertiary/aromatic N) is 1. The van der Waals surface area contributed by atoms with Gasteiger partial charge in [0.25, 0.3) is 0 Å². The second-order valence-electron chi connectivity index (χ2n) is 6.76. The van der Waals surface area contributed by atoms with Crippen molar-refractivity contribution in [2.45, 2.75) is 57.4 Å². The molecule has 0 aromatic heterocycles. The highest BCUT2D eigenvalue weighted by molar-refractivity contribution is 6.31. The molecule has 136 valence electrons. The normalized spacial score (nSPS) is 18.0. The molecule has 25 heavy (non-hydrogen) atoms. The number of halogens is 1. The zero-order chi connectivity index (χ0) is 17.6. The van der Waals surface area contributed by atoms with E-state index in [9.17, 15) is 9.59 Å². The number of ether oxygens (including phenoxy) is 1. The smallest absolute Gasteiger partial charge is 0.227 e. The molecule has 3 rings (SSSR count). The summed E-state index contributed by atoms with van der Waals surface area (Å²) in [6, 6.07) is 5.53. The summed E-state index contributed by atoms with van der Waals surface area (Å²) in [5.41, 5.74) is 0.688. The van der Waals surface area contributed by atoms with Crippen LogP contribution in [0.15, 0.2) is 18.2 Å². The van der Waals surface area contributed by atoms with Crippen LogP contribution in [0.5, 0.6) is 5.75 Å². The maximum absolute atomic E-state index is 12.6. The second kappa shape index (κ2) is 8.56. The van der Waals surface area contributed by atoms with Gasteiger partial charge in [0.15, 0.2) is 0 Å². The van der Waals surface area contributed by atoms with E-state index in [2.05, 4.69) is 5.32 Å². The van der Waals surface area contributed by atoms with E-state index in [0.717, 1.165) is 12.8 Å². The number of rotatable bonds is 4. The summed E-state index contributed by atoms with van der Waals surface area (Å²) >= 11 is 6.04. The molecule has 0 atom stereocenters. The topological polar surface area (TPSA) is 58.6 Å². The summed E-state index contributed by atoms with van der Waals surface area (Å²) in [5.74, 6) is 0.564. The Morgan fingerprint density at radius 1 is 1.16 bits per heavy atom. The fourth-order valence-corrected chi connectivity index (χ4v) is 3.70. The van der Waals surface area contributed by atoms with Gasteiger partial charge in [-0.1, -0.05) is 37.3 Å². The number of carbonyl (C=O) groups is 2. The Kier molecular flexibility index (Phi) is 6.19. The van der Waals surface area contributed by atoms with Crippen LogP contribution in [-0.2, 0) is 9.59 Å². The highest BCUT2D eigenvalue weighted by Gasteiger charge is 2.24. The van der Waals surface area contributed by atoms with Crippen molar-refractivity contribution in [3.63, 3.8) is 0 Å². The first-order valence-electron chi connectivity index (χ1n) is 9.15. The molecule has 0 radical (unpaired) electrons. The van der Waals surface area contributed by atoms with Crippen LogP contribution >= 0.6 is 11.6 Å². The van der Waals surface area contributed by atoms with Crippen LogP contribution in [0.2, 0.25) is 5.02 Å². The van der Waals surface area contributed by atoms with Crippen molar-refractivity contribution in [2.75, 3.05) is 18.1 Å². The van der Waals surface area contributed by atoms with Gasteiger partial charge in [0.2, 0.25) is 11.8 Å². The van der Waals surface area contributed by atoms with E-state index in [1.54, 1.807) is 23.1 Å². The molecule has 1 saturated carbocycles. The molecule has 1 aromatic carbocycles. The molecular formula is C19H25ClN2O3. The largest absolute Gasteiger partial charge is 0.490 e. The van der Waals surface area contributed by atoms with Crippen molar-refractivity contribution in [1.29, 1.82) is 0 Å². The maximum Gasteiger partial charge on any atom is 0.227 e. The monoisotopic (exact) mass is 364 g/mol. The highest BCUT2D eigenvalue weighted by atomic mass is 35.5. The summed E-state index contributed by atoms with van der Waals surface area (Å²) < 4.78 is 5.56. The van der Waals surface area contributed by atoms with Crippen molar-refractivity contribution in [1.82, 2.24) is 5.32 Å². The Morgan fingerprint density at radius 2 is 1.92 bits per heavy atom. The maximum atomic E-state index is 12.6. The first kappa shape index (κ1) is 18.1. The Morgan fingerprint density at radius 3 is 2.68 bits per heavy atom. The Labute approximate surface area is 153 Å². The lowest BCUT2D eigenvalue weighted by Crippen LogP contribution is -2.39. The third-order valence-corrected chi connectivity index (χ3v) is 5.11. The van der Waals surface area contributed by atoms with Crippen LogP contribution < -0.4 is 15.0 Å². The fourth-order valence-electron chi connectivity index (χ4n) is 3.53. The predicted molar refractivity (Wildman–Crippen MR) is 98.2 cm³/mol. The first-order valence-corrected chi connectivity index (χ1v) is 9.53. The number of anilines is 1. The van der Waals surface area contributed by atoms with Gasteiger partial charge in [0.05, 0.1) is 12.2 Å². The third-order valence-electron chi connectivity index (χ3n) is 4.87. The molecule has 1 heterocycles.